The van der Waals surface area contributed by atoms with Crippen molar-refractivity contribution < 1.29 is 29.0 Å². The van der Waals surface area contributed by atoms with E-state index >= 15 is 0 Å². The van der Waals surface area contributed by atoms with Crippen LogP contribution in [0.1, 0.15) is 26.5 Å². The van der Waals surface area contributed by atoms with Crippen LogP contribution in [0.15, 0.2) is 16.1 Å². The Bertz CT molecular complexity index is 1330. The average molecular weight is 617 g/mol. The van der Waals surface area contributed by atoms with Gasteiger partial charge in [-0.2, -0.15) is 0 Å². The second-order valence-corrected chi connectivity index (χ2v) is 12.9. The van der Waals surface area contributed by atoms with Crippen LogP contribution < -0.4 is 10.6 Å². The average Bonchev–Trinajstić information content (AvgIpc) is 3.48. The number of hydrogen-bond acceptors (Lipinski definition) is 12. The molecule has 210 valence electrons. The number of β-lactam (4-membered cyclic amide) rings is 1. The van der Waals surface area contributed by atoms with Gasteiger partial charge in [-0.15, -0.1) is 28.2 Å². The summed E-state index contributed by atoms with van der Waals surface area (Å²) in [5.74, 6) is -1.65. The zero-order chi connectivity index (χ0) is 28.5. The van der Waals surface area contributed by atoms with Crippen molar-refractivity contribution in [1.82, 2.24) is 35.4 Å². The molecule has 2 saturated heterocycles. The number of carboxylic acids is 1. The standard InChI is InChI=1S/C21H25ClN8O6S3/c1-20(2,3)36-19(35)25-17-23-11(6-37-17)10(5-22)13(31)24-12-14(32)30-7-21(16(33)34,8-38-15(12)30)9-39-18-26-27-28-29(18)4/h5-6,12,15H,7-9H2,1-4H3,(H,24,31)(H,33,34)(H,23,25,35)/t12?,15-,21?/m1/s1. The monoisotopic (exact) mass is 616 g/mol. The number of aryl methyl sites for hydroxylation is 1. The van der Waals surface area contributed by atoms with Gasteiger partial charge in [-0.05, 0) is 31.2 Å². The highest BCUT2D eigenvalue weighted by Gasteiger charge is 2.57. The molecule has 2 aromatic rings. The molecule has 2 fully saturated rings. The van der Waals surface area contributed by atoms with Crippen molar-refractivity contribution >= 4 is 81.0 Å². The highest BCUT2D eigenvalue weighted by Crippen LogP contribution is 2.44. The predicted octanol–water partition coefficient (Wildman–Crippen LogP) is 1.86. The van der Waals surface area contributed by atoms with E-state index in [2.05, 4.69) is 31.1 Å². The van der Waals surface area contributed by atoms with E-state index in [-0.39, 0.29) is 34.4 Å². The number of thiazole rings is 1. The van der Waals surface area contributed by atoms with Gasteiger partial charge in [-0.25, -0.2) is 14.5 Å². The molecule has 0 spiro atoms. The number of aliphatic carboxylic acids is 1. The first-order chi connectivity index (χ1) is 18.3. The van der Waals surface area contributed by atoms with Crippen LogP contribution in [-0.2, 0) is 26.2 Å². The second kappa shape index (κ2) is 11.3. The number of tetrazole rings is 1. The van der Waals surface area contributed by atoms with Crippen molar-refractivity contribution in [2.45, 2.75) is 42.9 Å². The van der Waals surface area contributed by atoms with Crippen LogP contribution in [-0.4, -0.2) is 94.1 Å². The molecule has 2 aliphatic rings. The highest BCUT2D eigenvalue weighted by molar-refractivity contribution is 8.00. The lowest BCUT2D eigenvalue weighted by atomic mass is 9.89. The van der Waals surface area contributed by atoms with Crippen molar-refractivity contribution in [3.05, 3.63) is 16.6 Å². The van der Waals surface area contributed by atoms with Crippen LogP contribution in [0.2, 0.25) is 0 Å². The number of carboxylic acid groups (broad SMARTS) is 1. The molecule has 2 unspecified atom stereocenters. The third-order valence-electron chi connectivity index (χ3n) is 5.69. The minimum Gasteiger partial charge on any atom is -0.481 e. The Morgan fingerprint density at radius 3 is 2.74 bits per heavy atom. The highest BCUT2D eigenvalue weighted by atomic mass is 35.5. The van der Waals surface area contributed by atoms with Crippen molar-refractivity contribution in [2.75, 3.05) is 23.4 Å². The number of nitrogens with zero attached hydrogens (tertiary/aromatic N) is 6. The number of carbonyl (C=O) groups is 4. The molecule has 0 saturated carbocycles. The topological polar surface area (TPSA) is 182 Å². The molecule has 3 atom stereocenters. The van der Waals surface area contributed by atoms with Crippen LogP contribution in [0.4, 0.5) is 9.93 Å². The smallest absolute Gasteiger partial charge is 0.413 e. The summed E-state index contributed by atoms with van der Waals surface area (Å²) in [6.07, 6.45) is -0.692. The summed E-state index contributed by atoms with van der Waals surface area (Å²) in [4.78, 5) is 55.9. The van der Waals surface area contributed by atoms with E-state index in [0.29, 0.717) is 5.16 Å². The Balaban J connectivity index is 1.37. The molecular formula is C21H25ClN8O6S3. The Kier molecular flexibility index (Phi) is 8.44. The van der Waals surface area contributed by atoms with Gasteiger partial charge >= 0.3 is 12.1 Å². The minimum atomic E-state index is -1.21. The fraction of sp³-hybridized carbons (Fsp3) is 0.524. The number of thioether (sulfide) groups is 2. The minimum absolute atomic E-state index is 0.00536. The van der Waals surface area contributed by atoms with Gasteiger partial charge in [0.15, 0.2) is 5.13 Å². The van der Waals surface area contributed by atoms with Gasteiger partial charge in [-0.1, -0.05) is 23.4 Å². The van der Waals surface area contributed by atoms with Gasteiger partial charge in [0.25, 0.3) is 5.91 Å². The largest absolute Gasteiger partial charge is 0.481 e. The molecular weight excluding hydrogens is 592 g/mol. The van der Waals surface area contributed by atoms with Crippen LogP contribution in [0.5, 0.6) is 0 Å². The van der Waals surface area contributed by atoms with Crippen LogP contribution in [0.3, 0.4) is 0 Å². The Morgan fingerprint density at radius 2 is 2.13 bits per heavy atom. The van der Waals surface area contributed by atoms with Crippen LogP contribution >= 0.6 is 46.5 Å². The normalized spacial score (nSPS) is 23.1. The number of aromatic nitrogens is 5. The summed E-state index contributed by atoms with van der Waals surface area (Å²) in [5, 5.41) is 28.1. The van der Waals surface area contributed by atoms with Gasteiger partial charge in [0.2, 0.25) is 11.1 Å². The van der Waals surface area contributed by atoms with E-state index in [1.54, 1.807) is 27.8 Å². The fourth-order valence-corrected chi connectivity index (χ4v) is 7.36. The van der Waals surface area contributed by atoms with Gasteiger partial charge in [0, 0.05) is 36.0 Å². The first-order valence-electron chi connectivity index (χ1n) is 11.4. The molecule has 0 aromatic carbocycles. The molecule has 4 heterocycles. The van der Waals surface area contributed by atoms with Gasteiger partial charge in [-0.3, -0.25) is 19.7 Å². The number of anilines is 1. The van der Waals surface area contributed by atoms with Crippen LogP contribution in [0, 0.1) is 5.41 Å². The molecule has 14 nitrogen and oxygen atoms in total. The van der Waals surface area contributed by atoms with Gasteiger partial charge in [0.05, 0.1) is 11.3 Å². The van der Waals surface area contributed by atoms with Crippen LogP contribution in [0.25, 0.3) is 5.57 Å². The van der Waals surface area contributed by atoms with E-state index in [9.17, 15) is 24.3 Å². The molecule has 2 aromatic heterocycles. The quantitative estimate of drug-likeness (QED) is 0.223. The summed E-state index contributed by atoms with van der Waals surface area (Å²) >= 11 is 9.49. The molecule has 2 aliphatic heterocycles. The predicted molar refractivity (Wildman–Crippen MR) is 145 cm³/mol. The maximum atomic E-state index is 13.0. The number of fused-ring (bicyclic) bond motifs is 1. The number of carbonyl (C=O) groups excluding carboxylic acids is 3. The lowest BCUT2D eigenvalue weighted by Gasteiger charge is -2.53. The summed E-state index contributed by atoms with van der Waals surface area (Å²) in [6, 6.07) is -0.852. The van der Waals surface area contributed by atoms with Gasteiger partial charge in [0.1, 0.15) is 22.4 Å². The fourth-order valence-electron chi connectivity index (χ4n) is 3.74. The number of nitrogens with one attached hydrogen (secondary N) is 2. The number of halogens is 1. The molecule has 0 aliphatic carbocycles. The van der Waals surface area contributed by atoms with Crippen molar-refractivity contribution in [3.8, 4) is 0 Å². The van der Waals surface area contributed by atoms with E-state index in [1.807, 2.05) is 0 Å². The maximum Gasteiger partial charge on any atom is 0.413 e. The lowest BCUT2D eigenvalue weighted by molar-refractivity contribution is -0.157. The molecule has 3 N–H and O–H groups in total. The van der Waals surface area contributed by atoms with Crippen molar-refractivity contribution in [1.29, 1.82) is 0 Å². The second-order valence-electron chi connectivity index (χ2n) is 9.77. The molecule has 3 amide bonds. The first-order valence-corrected chi connectivity index (χ1v) is 14.8. The Hall–Kier alpha value is -2.89. The van der Waals surface area contributed by atoms with E-state index in [0.717, 1.165) is 16.9 Å². The van der Waals surface area contributed by atoms with E-state index in [1.165, 1.54) is 38.5 Å². The Labute approximate surface area is 240 Å². The van der Waals surface area contributed by atoms with Crippen molar-refractivity contribution in [2.24, 2.45) is 12.5 Å². The van der Waals surface area contributed by atoms with E-state index in [4.69, 9.17) is 16.3 Å². The number of amides is 3. The molecule has 0 bridgehead atoms. The Morgan fingerprint density at radius 1 is 1.38 bits per heavy atom. The summed E-state index contributed by atoms with van der Waals surface area (Å²) in [5.41, 5.74) is -0.640. The molecule has 0 radical (unpaired) electrons. The zero-order valence-corrected chi connectivity index (χ0v) is 24.4. The third kappa shape index (κ3) is 6.31. The van der Waals surface area contributed by atoms with Gasteiger partial charge < -0.3 is 20.1 Å². The summed E-state index contributed by atoms with van der Waals surface area (Å²) < 4.78 is 6.64. The first kappa shape index (κ1) is 29.1. The summed E-state index contributed by atoms with van der Waals surface area (Å²) in [6.45, 7) is 5.17. The lowest BCUT2D eigenvalue weighted by Crippen LogP contribution is -2.74. The number of hydrogen-bond donors (Lipinski definition) is 3. The maximum absolute atomic E-state index is 13.0. The number of rotatable bonds is 8. The molecule has 18 heteroatoms. The molecule has 4 rings (SSSR count). The third-order valence-corrected chi connectivity index (χ3v) is 9.55. The van der Waals surface area contributed by atoms with E-state index < -0.39 is 46.3 Å². The summed E-state index contributed by atoms with van der Waals surface area (Å²) in [7, 11) is 1.65. The number of ether oxygens (including phenoxy) is 1. The van der Waals surface area contributed by atoms with Crippen molar-refractivity contribution in [3.63, 3.8) is 0 Å². The molecule has 39 heavy (non-hydrogen) atoms. The SMILES string of the molecule is Cn1nnnc1SCC1(C(=O)O)CS[C@@H]2C(NC(=O)C(=CCl)c3csc(NC(=O)OC(C)(C)C)n3)C(=O)N2C1. The zero-order valence-electron chi connectivity index (χ0n) is 21.2.